The third kappa shape index (κ3) is 6.09. The van der Waals surface area contributed by atoms with Crippen LogP contribution in [-0.2, 0) is 14.3 Å². The quantitative estimate of drug-likeness (QED) is 0.347. The fourth-order valence-electron chi connectivity index (χ4n) is 1.65. The molecule has 2 N–H and O–H groups in total. The topological polar surface area (TPSA) is 91.2 Å². The highest BCUT2D eigenvalue weighted by Gasteiger charge is 2.09. The minimum absolute atomic E-state index is 0.0645. The number of nitriles is 1. The van der Waals surface area contributed by atoms with E-state index in [2.05, 4.69) is 10.6 Å². The second-order valence-corrected chi connectivity index (χ2v) is 4.50. The summed E-state index contributed by atoms with van der Waals surface area (Å²) < 4.78 is 4.77. The summed E-state index contributed by atoms with van der Waals surface area (Å²) in [5, 5.41) is 14.4. The van der Waals surface area contributed by atoms with Crippen molar-refractivity contribution in [2.75, 3.05) is 18.5 Å². The Bertz CT molecular complexity index is 603. The molecular weight excluding hydrogens is 282 g/mol. The van der Waals surface area contributed by atoms with E-state index in [1.54, 1.807) is 19.1 Å². The third-order valence-electron chi connectivity index (χ3n) is 2.67. The molecule has 0 aliphatic rings. The number of benzene rings is 1. The molecule has 0 atom stereocenters. The highest BCUT2D eigenvalue weighted by Crippen LogP contribution is 2.10. The van der Waals surface area contributed by atoms with Crippen LogP contribution < -0.4 is 10.6 Å². The summed E-state index contributed by atoms with van der Waals surface area (Å²) in [5.74, 6) is -0.831. The first-order valence-corrected chi connectivity index (χ1v) is 6.94. The number of hydrogen-bond acceptors (Lipinski definition) is 5. The molecule has 0 saturated heterocycles. The zero-order chi connectivity index (χ0) is 16.4. The molecule has 6 heteroatoms. The van der Waals surface area contributed by atoms with E-state index >= 15 is 0 Å². The van der Waals surface area contributed by atoms with Gasteiger partial charge in [0.2, 0.25) is 0 Å². The van der Waals surface area contributed by atoms with Crippen LogP contribution in [0.3, 0.4) is 0 Å². The van der Waals surface area contributed by atoms with Crippen molar-refractivity contribution in [1.29, 1.82) is 5.26 Å². The number of nitrogens with zero attached hydrogens (tertiary/aromatic N) is 1. The van der Waals surface area contributed by atoms with Gasteiger partial charge in [-0.1, -0.05) is 12.1 Å². The first-order valence-electron chi connectivity index (χ1n) is 6.94. The second kappa shape index (κ2) is 9.19. The Morgan fingerprint density at radius 2 is 2.18 bits per heavy atom. The van der Waals surface area contributed by atoms with E-state index < -0.39 is 5.91 Å². The van der Waals surface area contributed by atoms with Gasteiger partial charge in [-0.15, -0.1) is 0 Å². The van der Waals surface area contributed by atoms with Crippen LogP contribution in [0.2, 0.25) is 0 Å². The average Bonchev–Trinajstić information content (AvgIpc) is 2.47. The van der Waals surface area contributed by atoms with Gasteiger partial charge < -0.3 is 15.4 Å². The van der Waals surface area contributed by atoms with Crippen LogP contribution in [0.5, 0.6) is 0 Å². The summed E-state index contributed by atoms with van der Waals surface area (Å²) in [4.78, 5) is 23.1. The van der Waals surface area contributed by atoms with Crippen LogP contribution in [0.15, 0.2) is 36.0 Å². The smallest absolute Gasteiger partial charge is 0.307 e. The van der Waals surface area contributed by atoms with E-state index in [1.165, 1.54) is 6.20 Å². The van der Waals surface area contributed by atoms with Crippen molar-refractivity contribution >= 4 is 17.6 Å². The third-order valence-corrected chi connectivity index (χ3v) is 2.67. The lowest BCUT2D eigenvalue weighted by atomic mass is 10.2. The summed E-state index contributed by atoms with van der Waals surface area (Å²) in [6.07, 6.45) is 1.47. The summed E-state index contributed by atoms with van der Waals surface area (Å²) in [7, 11) is 0. The molecule has 0 spiro atoms. The molecule has 1 aromatic rings. The van der Waals surface area contributed by atoms with Crippen molar-refractivity contribution < 1.29 is 14.3 Å². The molecule has 1 rings (SSSR count). The zero-order valence-corrected chi connectivity index (χ0v) is 12.7. The van der Waals surface area contributed by atoms with E-state index in [-0.39, 0.29) is 18.0 Å². The van der Waals surface area contributed by atoms with Crippen molar-refractivity contribution in [2.45, 2.75) is 20.3 Å². The first-order chi connectivity index (χ1) is 10.6. The lowest BCUT2D eigenvalue weighted by Crippen LogP contribution is -2.19. The van der Waals surface area contributed by atoms with Crippen LogP contribution >= 0.6 is 0 Å². The number of carbonyl (C=O) groups excluding carboxylic acids is 2. The number of carbonyl (C=O) groups is 2. The molecule has 0 heterocycles. The Balaban J connectivity index is 2.52. The molecule has 0 radical (unpaired) electrons. The van der Waals surface area contributed by atoms with E-state index in [0.717, 1.165) is 5.56 Å². The maximum atomic E-state index is 12.0. The highest BCUT2D eigenvalue weighted by atomic mass is 16.5. The Hall–Kier alpha value is -2.81. The SMILES string of the molecule is CCOC(=O)CCN/C=C(/C#N)C(=O)Nc1cccc(C)c1. The van der Waals surface area contributed by atoms with Crippen LogP contribution in [-0.4, -0.2) is 25.0 Å². The van der Waals surface area contributed by atoms with Crippen molar-refractivity contribution in [3.05, 3.63) is 41.6 Å². The van der Waals surface area contributed by atoms with Gasteiger partial charge in [0, 0.05) is 18.4 Å². The van der Waals surface area contributed by atoms with E-state index in [0.29, 0.717) is 18.8 Å². The minimum Gasteiger partial charge on any atom is -0.466 e. The van der Waals surface area contributed by atoms with Crippen LogP contribution in [0.1, 0.15) is 18.9 Å². The Morgan fingerprint density at radius 1 is 1.41 bits per heavy atom. The number of anilines is 1. The number of rotatable bonds is 7. The van der Waals surface area contributed by atoms with E-state index in [1.807, 2.05) is 25.1 Å². The largest absolute Gasteiger partial charge is 0.466 e. The molecule has 0 unspecified atom stereocenters. The van der Waals surface area contributed by atoms with Crippen molar-refractivity contribution in [3.63, 3.8) is 0 Å². The standard InChI is InChI=1S/C16H19N3O3/c1-3-22-15(20)7-8-18-11-13(10-17)16(21)19-14-6-4-5-12(2)9-14/h4-6,9,11,18H,3,7-8H2,1-2H3,(H,19,21)/b13-11-. The maximum absolute atomic E-state index is 12.0. The van der Waals surface area contributed by atoms with Crippen molar-refractivity contribution in [2.24, 2.45) is 0 Å². The number of ether oxygens (including phenoxy) is 1. The van der Waals surface area contributed by atoms with Gasteiger partial charge in [-0.3, -0.25) is 9.59 Å². The predicted octanol–water partition coefficient (Wildman–Crippen LogP) is 1.88. The second-order valence-electron chi connectivity index (χ2n) is 4.50. The molecule has 0 aliphatic heterocycles. The van der Waals surface area contributed by atoms with Crippen molar-refractivity contribution in [3.8, 4) is 6.07 Å². The molecular formula is C16H19N3O3. The fourth-order valence-corrected chi connectivity index (χ4v) is 1.65. The Kier molecular flexibility index (Phi) is 7.20. The summed E-state index contributed by atoms with van der Waals surface area (Å²) in [6.45, 7) is 4.26. The van der Waals surface area contributed by atoms with Crippen LogP contribution in [0.4, 0.5) is 5.69 Å². The van der Waals surface area contributed by atoms with E-state index in [9.17, 15) is 9.59 Å². The predicted molar refractivity (Wildman–Crippen MR) is 82.8 cm³/mol. The van der Waals surface area contributed by atoms with Crippen LogP contribution in [0, 0.1) is 18.3 Å². The van der Waals surface area contributed by atoms with Gasteiger partial charge in [0.25, 0.3) is 5.91 Å². The van der Waals surface area contributed by atoms with Crippen LogP contribution in [0.25, 0.3) is 0 Å². The molecule has 0 aromatic heterocycles. The van der Waals surface area contributed by atoms with Gasteiger partial charge in [-0.05, 0) is 31.5 Å². The molecule has 22 heavy (non-hydrogen) atoms. The lowest BCUT2D eigenvalue weighted by Gasteiger charge is -2.06. The number of aryl methyl sites for hydroxylation is 1. The molecule has 0 aliphatic carbocycles. The monoisotopic (exact) mass is 301 g/mol. The number of hydrogen-bond donors (Lipinski definition) is 2. The summed E-state index contributed by atoms with van der Waals surface area (Å²) in [6, 6.07) is 9.10. The highest BCUT2D eigenvalue weighted by molar-refractivity contribution is 6.06. The van der Waals surface area contributed by atoms with E-state index in [4.69, 9.17) is 10.00 Å². The van der Waals surface area contributed by atoms with Gasteiger partial charge >= 0.3 is 5.97 Å². The molecule has 0 saturated carbocycles. The Morgan fingerprint density at radius 3 is 2.82 bits per heavy atom. The Labute approximate surface area is 129 Å². The molecule has 116 valence electrons. The molecule has 0 fully saturated rings. The average molecular weight is 301 g/mol. The van der Waals surface area contributed by atoms with Gasteiger partial charge in [0.05, 0.1) is 13.0 Å². The van der Waals surface area contributed by atoms with Gasteiger partial charge in [-0.2, -0.15) is 5.26 Å². The molecule has 1 aromatic carbocycles. The minimum atomic E-state index is -0.503. The first kappa shape index (κ1) is 17.2. The molecule has 6 nitrogen and oxygen atoms in total. The van der Waals surface area contributed by atoms with Gasteiger partial charge in [0.1, 0.15) is 11.6 Å². The molecule has 1 amide bonds. The number of esters is 1. The summed E-state index contributed by atoms with van der Waals surface area (Å²) >= 11 is 0. The lowest BCUT2D eigenvalue weighted by molar-refractivity contribution is -0.142. The fraction of sp³-hybridized carbons (Fsp3) is 0.312. The number of nitrogens with one attached hydrogen (secondary N) is 2. The van der Waals surface area contributed by atoms with Gasteiger partial charge in [-0.25, -0.2) is 0 Å². The van der Waals surface area contributed by atoms with Crippen molar-refractivity contribution in [1.82, 2.24) is 5.32 Å². The molecule has 0 bridgehead atoms. The van der Waals surface area contributed by atoms with Gasteiger partial charge in [0.15, 0.2) is 0 Å². The zero-order valence-electron chi connectivity index (χ0n) is 12.7. The normalized spacial score (nSPS) is 10.5. The maximum Gasteiger partial charge on any atom is 0.307 e. The number of amides is 1. The summed E-state index contributed by atoms with van der Waals surface area (Å²) in [5.41, 5.74) is 1.57.